The number of nitrogens with zero attached hydrogens (tertiary/aromatic N) is 1. The van der Waals surface area contributed by atoms with E-state index in [0.29, 0.717) is 0 Å². The first kappa shape index (κ1) is 29.3. The molecule has 1 aromatic heterocycles. The molecule has 8 aromatic rings. The third kappa shape index (κ3) is 3.91. The topological polar surface area (TPSA) is 16.4 Å². The Morgan fingerprint density at radius 3 is 1.96 bits per heavy atom. The van der Waals surface area contributed by atoms with E-state index in [0.717, 1.165) is 39.0 Å². The van der Waals surface area contributed by atoms with Crippen molar-refractivity contribution in [1.29, 1.82) is 0 Å². The molecule has 0 bridgehead atoms. The number of aryl methyl sites for hydroxylation is 2. The lowest BCUT2D eigenvalue weighted by Gasteiger charge is -2.28. The first-order chi connectivity index (χ1) is 24.1. The van der Waals surface area contributed by atoms with Gasteiger partial charge in [0.1, 0.15) is 5.58 Å². The van der Waals surface area contributed by atoms with Gasteiger partial charge >= 0.3 is 0 Å². The molecule has 0 saturated carbocycles. The van der Waals surface area contributed by atoms with E-state index < -0.39 is 0 Å². The molecule has 0 saturated heterocycles. The number of hydrogen-bond donors (Lipinski definition) is 0. The molecule has 50 heavy (non-hydrogen) atoms. The lowest BCUT2D eigenvalue weighted by atomic mass is 9.79. The molecule has 0 fully saturated rings. The number of anilines is 3. The van der Waals surface area contributed by atoms with Crippen LogP contribution in [0.1, 0.15) is 61.1 Å². The van der Waals surface area contributed by atoms with E-state index in [-0.39, 0.29) is 10.8 Å². The van der Waals surface area contributed by atoms with Crippen molar-refractivity contribution in [3.63, 3.8) is 0 Å². The monoisotopic (exact) mass is 645 g/mol. The first-order valence-electron chi connectivity index (χ1n) is 17.8. The summed E-state index contributed by atoms with van der Waals surface area (Å²) in [6, 6.07) is 47.4. The van der Waals surface area contributed by atoms with Crippen molar-refractivity contribution in [2.24, 2.45) is 0 Å². The Labute approximate surface area is 293 Å². The fourth-order valence-electron chi connectivity index (χ4n) is 9.27. The summed E-state index contributed by atoms with van der Waals surface area (Å²) in [4.78, 5) is 2.40. The zero-order chi connectivity index (χ0) is 34.1. The minimum atomic E-state index is -0.188. The Hall–Kier alpha value is -5.60. The Morgan fingerprint density at radius 1 is 0.480 bits per heavy atom. The normalized spacial score (nSPS) is 14.9. The average Bonchev–Trinajstić information content (AvgIpc) is 3.67. The number of fused-ring (bicyclic) bond motifs is 11. The smallest absolute Gasteiger partial charge is 0.159 e. The van der Waals surface area contributed by atoms with Gasteiger partial charge in [-0.05, 0) is 129 Å². The summed E-state index contributed by atoms with van der Waals surface area (Å²) in [7, 11) is 0. The molecule has 0 amide bonds. The third-order valence-corrected chi connectivity index (χ3v) is 11.7. The highest BCUT2D eigenvalue weighted by atomic mass is 16.3. The first-order valence-corrected chi connectivity index (χ1v) is 17.8. The summed E-state index contributed by atoms with van der Waals surface area (Å²) in [6.45, 7) is 14.0. The van der Waals surface area contributed by atoms with E-state index in [1.54, 1.807) is 0 Å². The highest BCUT2D eigenvalue weighted by Crippen LogP contribution is 2.58. The van der Waals surface area contributed by atoms with E-state index in [1.165, 1.54) is 66.4 Å². The van der Waals surface area contributed by atoms with Gasteiger partial charge in [-0.25, -0.2) is 0 Å². The molecule has 7 aromatic carbocycles. The van der Waals surface area contributed by atoms with Crippen molar-refractivity contribution in [3.05, 3.63) is 161 Å². The molecule has 242 valence electrons. The fourth-order valence-corrected chi connectivity index (χ4v) is 9.27. The molecule has 0 atom stereocenters. The van der Waals surface area contributed by atoms with E-state index in [4.69, 9.17) is 4.42 Å². The molecule has 0 N–H and O–H groups in total. The second kappa shape index (κ2) is 9.98. The third-order valence-electron chi connectivity index (χ3n) is 11.7. The molecule has 2 heteroatoms. The summed E-state index contributed by atoms with van der Waals surface area (Å²) in [5.74, 6) is 0. The van der Waals surface area contributed by atoms with Gasteiger partial charge in [0.25, 0.3) is 0 Å². The van der Waals surface area contributed by atoms with Crippen LogP contribution in [0.4, 0.5) is 17.1 Å². The van der Waals surface area contributed by atoms with Gasteiger partial charge in [0.2, 0.25) is 0 Å². The summed E-state index contributed by atoms with van der Waals surface area (Å²) >= 11 is 0. The summed E-state index contributed by atoms with van der Waals surface area (Å²) in [5.41, 5.74) is 18.4. The molecule has 2 aliphatic carbocycles. The molecular weight excluding hydrogens is 607 g/mol. The van der Waals surface area contributed by atoms with Gasteiger partial charge in [-0.15, -0.1) is 0 Å². The van der Waals surface area contributed by atoms with Crippen LogP contribution in [0.25, 0.3) is 55.0 Å². The van der Waals surface area contributed by atoms with Gasteiger partial charge in [-0.3, -0.25) is 0 Å². The Balaban J connectivity index is 1.18. The number of benzene rings is 7. The van der Waals surface area contributed by atoms with Gasteiger partial charge in [0.05, 0.1) is 5.69 Å². The minimum Gasteiger partial charge on any atom is -0.454 e. The maximum atomic E-state index is 6.63. The lowest BCUT2D eigenvalue weighted by molar-refractivity contribution is 0.652. The van der Waals surface area contributed by atoms with Crippen LogP contribution in [-0.2, 0) is 10.8 Å². The molecule has 10 rings (SSSR count). The van der Waals surface area contributed by atoms with Crippen LogP contribution in [0.5, 0.6) is 0 Å². The quantitative estimate of drug-likeness (QED) is 0.190. The molecule has 2 nitrogen and oxygen atoms in total. The van der Waals surface area contributed by atoms with Crippen LogP contribution in [0.15, 0.2) is 132 Å². The molecule has 0 spiro atoms. The van der Waals surface area contributed by atoms with Crippen LogP contribution in [0.2, 0.25) is 0 Å². The lowest BCUT2D eigenvalue weighted by Crippen LogP contribution is -2.17. The highest BCUT2D eigenvalue weighted by Gasteiger charge is 2.42. The molecule has 0 aliphatic heterocycles. The molecule has 0 unspecified atom stereocenters. The number of furan rings is 1. The Morgan fingerprint density at radius 2 is 1.14 bits per heavy atom. The van der Waals surface area contributed by atoms with Crippen LogP contribution >= 0.6 is 0 Å². The molecular formula is C48H39NO. The SMILES string of the molecule is Cc1cc(C)cc(N(c2ccc3c(c2)C(C)(C)c2cc4c(cc2-3)C(C)(C)c2ccc3ccccc3c2-4)c2cccc3c2oc2ccccc23)c1. The summed E-state index contributed by atoms with van der Waals surface area (Å²) in [5, 5.41) is 4.91. The van der Waals surface area contributed by atoms with Gasteiger partial charge in [-0.2, -0.15) is 0 Å². The number of rotatable bonds is 3. The highest BCUT2D eigenvalue weighted by molar-refractivity contribution is 6.10. The standard InChI is InChI=1S/C48H39NO/c1-28-22-29(2)24-32(23-28)49(43-16-11-15-36-35-14-9-10-17-44(35)50-46(36)43)31-19-20-34-37-26-42-38(27-41(37)48(5,6)40(34)25-31)45-33-13-8-7-12-30(33)18-21-39(45)47(42,3)4/h7-27H,1-6H3. The van der Waals surface area contributed by atoms with Gasteiger partial charge in [-0.1, -0.05) is 107 Å². The van der Waals surface area contributed by atoms with Crippen LogP contribution in [0.3, 0.4) is 0 Å². The van der Waals surface area contributed by atoms with Crippen molar-refractivity contribution < 1.29 is 4.42 Å². The van der Waals surface area contributed by atoms with E-state index in [9.17, 15) is 0 Å². The fraction of sp³-hybridized carbons (Fsp3) is 0.167. The van der Waals surface area contributed by atoms with E-state index in [2.05, 4.69) is 168 Å². The largest absolute Gasteiger partial charge is 0.454 e. The molecule has 1 heterocycles. The number of para-hydroxylation sites is 2. The van der Waals surface area contributed by atoms with Crippen LogP contribution in [-0.4, -0.2) is 0 Å². The van der Waals surface area contributed by atoms with Crippen molar-refractivity contribution in [3.8, 4) is 22.3 Å². The van der Waals surface area contributed by atoms with Crippen molar-refractivity contribution in [2.45, 2.75) is 52.4 Å². The Bertz CT molecular complexity index is 2720. The van der Waals surface area contributed by atoms with Gasteiger partial charge in [0, 0.05) is 33.0 Å². The summed E-state index contributed by atoms with van der Waals surface area (Å²) in [6.07, 6.45) is 0. The van der Waals surface area contributed by atoms with Crippen LogP contribution in [0, 0.1) is 13.8 Å². The van der Waals surface area contributed by atoms with E-state index in [1.807, 2.05) is 6.07 Å². The van der Waals surface area contributed by atoms with Crippen molar-refractivity contribution in [1.82, 2.24) is 0 Å². The molecule has 0 radical (unpaired) electrons. The predicted octanol–water partition coefficient (Wildman–Crippen LogP) is 13.4. The van der Waals surface area contributed by atoms with Gasteiger partial charge < -0.3 is 9.32 Å². The second-order valence-electron chi connectivity index (χ2n) is 15.6. The van der Waals surface area contributed by atoms with Crippen molar-refractivity contribution >= 4 is 49.8 Å². The minimum absolute atomic E-state index is 0.0817. The van der Waals surface area contributed by atoms with E-state index >= 15 is 0 Å². The van der Waals surface area contributed by atoms with Gasteiger partial charge in [0.15, 0.2) is 5.58 Å². The zero-order valence-electron chi connectivity index (χ0n) is 29.5. The maximum Gasteiger partial charge on any atom is 0.159 e. The zero-order valence-corrected chi connectivity index (χ0v) is 29.5. The number of hydrogen-bond acceptors (Lipinski definition) is 2. The second-order valence-corrected chi connectivity index (χ2v) is 15.6. The average molecular weight is 646 g/mol. The maximum absolute atomic E-state index is 6.63. The van der Waals surface area contributed by atoms with Crippen molar-refractivity contribution in [2.75, 3.05) is 4.90 Å². The predicted molar refractivity (Wildman–Crippen MR) is 211 cm³/mol. The Kier molecular flexibility index (Phi) is 5.86. The molecule has 2 aliphatic rings. The summed E-state index contributed by atoms with van der Waals surface area (Å²) < 4.78 is 6.63. The van der Waals surface area contributed by atoms with Crippen LogP contribution < -0.4 is 4.90 Å².